The Balaban J connectivity index is 1.01. The van der Waals surface area contributed by atoms with Gasteiger partial charge in [0.25, 0.3) is 0 Å². The molecule has 5 heteroatoms. The average Bonchev–Trinajstić information content (AvgIpc) is 3.88. The topological polar surface area (TPSA) is 43.1 Å². The lowest BCUT2D eigenvalue weighted by atomic mass is 9.90. The van der Waals surface area contributed by atoms with E-state index in [0.29, 0.717) is 5.92 Å². The average molecular weight is 689 g/mol. The largest absolute Gasteiger partial charge is 0.452 e. The Morgan fingerprint density at radius 2 is 1.42 bits per heavy atom. The van der Waals surface area contributed by atoms with Crippen LogP contribution in [-0.4, -0.2) is 10.4 Å². The van der Waals surface area contributed by atoms with Crippen molar-refractivity contribution in [1.82, 2.24) is 4.57 Å². The Labute approximate surface area is 305 Å². The number of quaternary nitrogens is 1. The normalized spacial score (nSPS) is 17.7. The van der Waals surface area contributed by atoms with Gasteiger partial charge in [-0.2, -0.15) is 4.99 Å². The molecule has 4 heterocycles. The molecule has 2 unspecified atom stereocenters. The molecule has 6 aromatic carbocycles. The number of ether oxygens (including phenoxy) is 1. The van der Waals surface area contributed by atoms with Crippen molar-refractivity contribution in [3.05, 3.63) is 178 Å². The number of nitrogens with zero attached hydrogens (tertiary/aromatic N) is 2. The molecule has 1 aliphatic carbocycles. The predicted molar refractivity (Wildman–Crippen MR) is 215 cm³/mol. The Morgan fingerprint density at radius 1 is 0.712 bits per heavy atom. The highest BCUT2D eigenvalue weighted by atomic mass is 32.1. The van der Waals surface area contributed by atoms with E-state index in [2.05, 4.69) is 168 Å². The van der Waals surface area contributed by atoms with Crippen molar-refractivity contribution in [3.63, 3.8) is 0 Å². The van der Waals surface area contributed by atoms with Gasteiger partial charge in [-0.05, 0) is 89.0 Å². The van der Waals surface area contributed by atoms with Crippen LogP contribution in [0.25, 0.3) is 60.5 Å². The maximum absolute atomic E-state index is 6.90. The zero-order chi connectivity index (χ0) is 34.3. The summed E-state index contributed by atoms with van der Waals surface area (Å²) < 4.78 is 10.6. The number of aliphatic imine (C=N–C) groups is 1. The molecule has 248 valence electrons. The van der Waals surface area contributed by atoms with Crippen LogP contribution < -0.4 is 10.1 Å². The summed E-state index contributed by atoms with van der Waals surface area (Å²) in [5.41, 5.74) is 11.7. The number of hydrogen-bond donors (Lipinski definition) is 1. The Kier molecular flexibility index (Phi) is 6.57. The highest BCUT2D eigenvalue weighted by Crippen LogP contribution is 2.48. The summed E-state index contributed by atoms with van der Waals surface area (Å²) in [6.07, 6.45) is 5.69. The van der Waals surface area contributed by atoms with Crippen molar-refractivity contribution < 1.29 is 10.1 Å². The molecule has 2 N–H and O–H groups in total. The first-order valence-electron chi connectivity index (χ1n) is 18.1. The fourth-order valence-corrected chi connectivity index (χ4v) is 9.92. The molecule has 0 amide bonds. The van der Waals surface area contributed by atoms with Gasteiger partial charge >= 0.3 is 0 Å². The molecule has 2 aromatic heterocycles. The molecule has 0 spiro atoms. The fraction of sp³-hybridized carbons (Fsp3) is 0.0851. The second-order valence-corrected chi connectivity index (χ2v) is 15.1. The summed E-state index contributed by atoms with van der Waals surface area (Å²) in [5.74, 6) is 3.29. The zero-order valence-corrected chi connectivity index (χ0v) is 29.4. The lowest BCUT2D eigenvalue weighted by molar-refractivity contribution is -0.579. The van der Waals surface area contributed by atoms with Crippen molar-refractivity contribution >= 4 is 60.8 Å². The van der Waals surface area contributed by atoms with E-state index in [4.69, 9.17) is 9.73 Å². The fourth-order valence-electron chi connectivity index (χ4n) is 8.55. The lowest BCUT2D eigenvalue weighted by Gasteiger charge is -2.20. The van der Waals surface area contributed by atoms with E-state index in [0.717, 1.165) is 57.4 Å². The molecule has 11 rings (SSSR count). The van der Waals surface area contributed by atoms with Crippen LogP contribution in [0.3, 0.4) is 0 Å². The lowest BCUT2D eigenvalue weighted by Crippen LogP contribution is -2.90. The van der Waals surface area contributed by atoms with Crippen molar-refractivity contribution in [2.24, 2.45) is 4.99 Å². The second-order valence-electron chi connectivity index (χ2n) is 14.1. The minimum absolute atomic E-state index is 0.0203. The van der Waals surface area contributed by atoms with Gasteiger partial charge in [0.05, 0.1) is 22.2 Å². The Morgan fingerprint density at radius 3 is 2.21 bits per heavy atom. The summed E-state index contributed by atoms with van der Waals surface area (Å²) in [7, 11) is 0. The Bertz CT molecular complexity index is 2780. The molecule has 52 heavy (non-hydrogen) atoms. The van der Waals surface area contributed by atoms with E-state index in [-0.39, 0.29) is 6.04 Å². The van der Waals surface area contributed by atoms with Crippen LogP contribution in [0.4, 0.5) is 0 Å². The summed E-state index contributed by atoms with van der Waals surface area (Å²) in [5, 5.41) is 6.16. The third-order valence-corrected chi connectivity index (χ3v) is 12.3. The predicted octanol–water partition coefficient (Wildman–Crippen LogP) is 11.0. The number of benzene rings is 6. The molecule has 0 radical (unpaired) electrons. The van der Waals surface area contributed by atoms with Crippen molar-refractivity contribution in [3.8, 4) is 22.6 Å². The minimum atomic E-state index is -0.0203. The number of rotatable bonds is 4. The highest BCUT2D eigenvalue weighted by Gasteiger charge is 2.41. The van der Waals surface area contributed by atoms with Crippen LogP contribution >= 0.6 is 11.3 Å². The third kappa shape index (κ3) is 4.46. The van der Waals surface area contributed by atoms with Crippen LogP contribution in [0.2, 0.25) is 0 Å². The SMILES string of the molecule is CC1CC=Cc2sc3c(C4=C5Oc6cc(-c7ccc(-n8c9ccccc9c9ccccc98)cc7)ccc6C5[NH2+]C(c5ccccc5)=N4)cccc3c21. The summed E-state index contributed by atoms with van der Waals surface area (Å²) in [6, 6.07) is 50.1. The van der Waals surface area contributed by atoms with Crippen LogP contribution in [0.5, 0.6) is 5.75 Å². The number of nitrogens with two attached hydrogens (primary N) is 1. The standard InChI is InChI=1S/C47H33N3OS/c1-28-11-9-20-41-42(28)36-16-10-17-37(46(36)52-41)44-45-43(48-47(49-44)30-12-3-2-4-13-30)35-26-23-31(27-40(35)51-45)29-21-24-32(25-22-29)50-38-18-7-5-14-33(38)34-15-6-8-19-39(34)50/h2-10,12-28,43H,11H2,1H3,(H,48,49)/p+1. The van der Waals surface area contributed by atoms with E-state index in [1.54, 1.807) is 0 Å². The molecule has 0 saturated heterocycles. The molecular weight excluding hydrogens is 655 g/mol. The molecule has 0 bridgehead atoms. The van der Waals surface area contributed by atoms with Gasteiger partial charge in [-0.3, -0.25) is 5.32 Å². The van der Waals surface area contributed by atoms with Crippen molar-refractivity contribution in [2.45, 2.75) is 25.3 Å². The zero-order valence-electron chi connectivity index (χ0n) is 28.6. The molecule has 3 aliphatic rings. The number of amidine groups is 1. The van der Waals surface area contributed by atoms with Gasteiger partial charge in [0, 0.05) is 31.6 Å². The Hall–Kier alpha value is -6.01. The van der Waals surface area contributed by atoms with E-state index in [1.807, 2.05) is 11.3 Å². The van der Waals surface area contributed by atoms with Gasteiger partial charge in [-0.25, -0.2) is 0 Å². The summed E-state index contributed by atoms with van der Waals surface area (Å²) >= 11 is 1.88. The van der Waals surface area contributed by atoms with Crippen LogP contribution in [0, 0.1) is 0 Å². The summed E-state index contributed by atoms with van der Waals surface area (Å²) in [4.78, 5) is 6.75. The molecule has 2 aliphatic heterocycles. The van der Waals surface area contributed by atoms with E-state index in [9.17, 15) is 0 Å². The van der Waals surface area contributed by atoms with Gasteiger partial charge in [-0.15, -0.1) is 11.3 Å². The summed E-state index contributed by atoms with van der Waals surface area (Å²) in [6.45, 7) is 2.34. The van der Waals surface area contributed by atoms with Crippen LogP contribution in [0.1, 0.15) is 52.4 Å². The van der Waals surface area contributed by atoms with Crippen LogP contribution in [0.15, 0.2) is 156 Å². The number of fused-ring (bicyclic) bond motifs is 9. The second kappa shape index (κ2) is 11.5. The molecule has 0 saturated carbocycles. The molecular formula is C47H34N3OS+. The van der Waals surface area contributed by atoms with E-state index >= 15 is 0 Å². The van der Waals surface area contributed by atoms with E-state index in [1.165, 1.54) is 47.9 Å². The maximum Gasteiger partial charge on any atom is 0.233 e. The third-order valence-electron chi connectivity index (χ3n) is 11.0. The van der Waals surface area contributed by atoms with Crippen molar-refractivity contribution in [1.29, 1.82) is 0 Å². The van der Waals surface area contributed by atoms with Crippen molar-refractivity contribution in [2.75, 3.05) is 0 Å². The number of thiophene rings is 1. The van der Waals surface area contributed by atoms with Gasteiger partial charge in [0.1, 0.15) is 11.4 Å². The molecule has 2 atom stereocenters. The minimum Gasteiger partial charge on any atom is -0.452 e. The smallest absolute Gasteiger partial charge is 0.233 e. The van der Waals surface area contributed by atoms with Gasteiger partial charge < -0.3 is 9.30 Å². The number of aromatic nitrogens is 1. The van der Waals surface area contributed by atoms with Gasteiger partial charge in [-0.1, -0.05) is 104 Å². The van der Waals surface area contributed by atoms with Gasteiger partial charge in [0.2, 0.25) is 5.84 Å². The molecule has 4 nitrogen and oxygen atoms in total. The maximum atomic E-state index is 6.90. The van der Waals surface area contributed by atoms with E-state index < -0.39 is 0 Å². The highest BCUT2D eigenvalue weighted by molar-refractivity contribution is 7.20. The first kappa shape index (κ1) is 29.7. The first-order valence-corrected chi connectivity index (χ1v) is 18.9. The number of para-hydroxylation sites is 2. The number of hydrogen-bond acceptors (Lipinski definition) is 3. The quantitative estimate of drug-likeness (QED) is 0.196. The van der Waals surface area contributed by atoms with Gasteiger partial charge in [0.15, 0.2) is 11.8 Å². The molecule has 8 aromatic rings. The van der Waals surface area contributed by atoms with Crippen LogP contribution in [-0.2, 0) is 0 Å². The first-order chi connectivity index (χ1) is 25.7. The number of allylic oxidation sites excluding steroid dienone is 1. The molecule has 0 fully saturated rings. The monoisotopic (exact) mass is 688 g/mol.